The number of hydrogen-bond acceptors (Lipinski definition) is 2. The zero-order valence-electron chi connectivity index (χ0n) is 14.1. The van der Waals surface area contributed by atoms with Crippen LogP contribution in [-0.2, 0) is 6.42 Å². The van der Waals surface area contributed by atoms with E-state index in [2.05, 4.69) is 57.3 Å². The second-order valence-corrected chi connectivity index (χ2v) is 7.25. The normalized spacial score (nSPS) is 12.2. The van der Waals surface area contributed by atoms with Crippen LogP contribution in [0.3, 0.4) is 0 Å². The maximum atomic E-state index is 12.5. The van der Waals surface area contributed by atoms with Crippen molar-refractivity contribution in [2.75, 3.05) is 0 Å². The summed E-state index contributed by atoms with van der Waals surface area (Å²) in [4.78, 5) is 14.6. The second-order valence-electron chi connectivity index (χ2n) is 6.00. The fourth-order valence-electron chi connectivity index (χ4n) is 2.72. The van der Waals surface area contributed by atoms with Gasteiger partial charge in [0.25, 0.3) is 5.91 Å². The van der Waals surface area contributed by atoms with Crippen LogP contribution in [0.4, 0.5) is 0 Å². The van der Waals surface area contributed by atoms with Crippen molar-refractivity contribution in [3.63, 3.8) is 0 Å². The van der Waals surface area contributed by atoms with Gasteiger partial charge in [-0.05, 0) is 56.9 Å². The van der Waals surface area contributed by atoms with E-state index in [0.29, 0.717) is 0 Å². The topological polar surface area (TPSA) is 29.1 Å². The maximum absolute atomic E-state index is 12.5. The first-order chi connectivity index (χ1) is 10.4. The van der Waals surface area contributed by atoms with E-state index >= 15 is 0 Å². The molecule has 0 radical (unpaired) electrons. The van der Waals surface area contributed by atoms with Crippen LogP contribution in [0.1, 0.15) is 63.1 Å². The molecule has 1 atom stereocenters. The summed E-state index contributed by atoms with van der Waals surface area (Å²) in [5.41, 5.74) is 4.93. The van der Waals surface area contributed by atoms with E-state index in [4.69, 9.17) is 0 Å². The van der Waals surface area contributed by atoms with Crippen molar-refractivity contribution >= 4 is 17.2 Å². The fourth-order valence-corrected chi connectivity index (χ4v) is 3.70. The summed E-state index contributed by atoms with van der Waals surface area (Å²) in [6.45, 7) is 10.5. The molecule has 1 aromatic carbocycles. The van der Waals surface area contributed by atoms with Crippen LogP contribution in [0, 0.1) is 20.8 Å². The Bertz CT molecular complexity index is 672. The molecular weight excluding hydrogens is 290 g/mol. The number of nitrogens with one attached hydrogen (secondary N) is 1. The Morgan fingerprint density at radius 2 is 1.95 bits per heavy atom. The second kappa shape index (κ2) is 7.10. The largest absolute Gasteiger partial charge is 0.345 e. The smallest absolute Gasteiger partial charge is 0.261 e. The standard InChI is InChI=1S/C19H25NOS/c1-6-7-16-11-18(22-15(16)5)19(21)20-14(4)17-10-12(2)8-9-13(17)3/h8-11,14H,6-7H2,1-5H3,(H,20,21). The molecule has 2 rings (SSSR count). The van der Waals surface area contributed by atoms with E-state index in [1.807, 2.05) is 6.92 Å². The number of thiophene rings is 1. The van der Waals surface area contributed by atoms with Crippen LogP contribution in [0.5, 0.6) is 0 Å². The highest BCUT2D eigenvalue weighted by Gasteiger charge is 2.16. The lowest BCUT2D eigenvalue weighted by molar-refractivity contribution is 0.0944. The number of hydrogen-bond donors (Lipinski definition) is 1. The molecule has 1 aromatic heterocycles. The highest BCUT2D eigenvalue weighted by molar-refractivity contribution is 7.14. The highest BCUT2D eigenvalue weighted by atomic mass is 32.1. The lowest BCUT2D eigenvalue weighted by atomic mass is 10.00. The molecule has 0 saturated heterocycles. The van der Waals surface area contributed by atoms with Crippen LogP contribution in [0.2, 0.25) is 0 Å². The highest BCUT2D eigenvalue weighted by Crippen LogP contribution is 2.24. The molecule has 0 spiro atoms. The average molecular weight is 315 g/mol. The van der Waals surface area contributed by atoms with Crippen molar-refractivity contribution < 1.29 is 4.79 Å². The lowest BCUT2D eigenvalue weighted by Crippen LogP contribution is -2.26. The molecule has 1 amide bonds. The van der Waals surface area contributed by atoms with Crippen LogP contribution < -0.4 is 5.32 Å². The number of carbonyl (C=O) groups excluding carboxylic acids is 1. The van der Waals surface area contributed by atoms with E-state index in [-0.39, 0.29) is 11.9 Å². The van der Waals surface area contributed by atoms with Crippen molar-refractivity contribution in [2.24, 2.45) is 0 Å². The maximum Gasteiger partial charge on any atom is 0.261 e. The molecule has 0 aliphatic heterocycles. The summed E-state index contributed by atoms with van der Waals surface area (Å²) in [5.74, 6) is 0.0314. The predicted molar refractivity (Wildman–Crippen MR) is 94.8 cm³/mol. The van der Waals surface area contributed by atoms with E-state index in [0.717, 1.165) is 17.7 Å². The molecule has 1 unspecified atom stereocenters. The Hall–Kier alpha value is -1.61. The van der Waals surface area contributed by atoms with Gasteiger partial charge < -0.3 is 5.32 Å². The van der Waals surface area contributed by atoms with Gasteiger partial charge in [-0.15, -0.1) is 11.3 Å². The molecule has 0 aliphatic carbocycles. The Kier molecular flexibility index (Phi) is 5.41. The summed E-state index contributed by atoms with van der Waals surface area (Å²) >= 11 is 1.59. The van der Waals surface area contributed by atoms with E-state index in [9.17, 15) is 4.79 Å². The molecule has 1 N–H and O–H groups in total. The van der Waals surface area contributed by atoms with Crippen molar-refractivity contribution in [1.82, 2.24) is 5.32 Å². The summed E-state index contributed by atoms with van der Waals surface area (Å²) in [5, 5.41) is 3.13. The zero-order chi connectivity index (χ0) is 16.3. The van der Waals surface area contributed by atoms with Crippen molar-refractivity contribution in [3.8, 4) is 0 Å². The predicted octanol–water partition coefficient (Wildman–Crippen LogP) is 5.12. The fraction of sp³-hybridized carbons (Fsp3) is 0.421. The monoisotopic (exact) mass is 315 g/mol. The molecule has 2 nitrogen and oxygen atoms in total. The Labute approximate surface area is 137 Å². The van der Waals surface area contributed by atoms with Gasteiger partial charge in [-0.25, -0.2) is 0 Å². The third kappa shape index (κ3) is 3.77. The first-order valence-corrected chi connectivity index (χ1v) is 8.71. The van der Waals surface area contributed by atoms with Crippen molar-refractivity contribution in [3.05, 3.63) is 56.3 Å². The first-order valence-electron chi connectivity index (χ1n) is 7.89. The molecule has 0 bridgehead atoms. The van der Waals surface area contributed by atoms with Gasteiger partial charge in [0, 0.05) is 4.88 Å². The van der Waals surface area contributed by atoms with Gasteiger partial charge in [-0.1, -0.05) is 37.1 Å². The quantitative estimate of drug-likeness (QED) is 0.815. The molecule has 3 heteroatoms. The van der Waals surface area contributed by atoms with Gasteiger partial charge in [0.2, 0.25) is 0 Å². The van der Waals surface area contributed by atoms with Gasteiger partial charge in [0.05, 0.1) is 10.9 Å². The molecule has 0 aliphatic rings. The number of rotatable bonds is 5. The average Bonchev–Trinajstić information content (AvgIpc) is 2.83. The summed E-state index contributed by atoms with van der Waals surface area (Å²) in [6.07, 6.45) is 2.15. The van der Waals surface area contributed by atoms with Crippen LogP contribution >= 0.6 is 11.3 Å². The third-order valence-electron chi connectivity index (χ3n) is 4.01. The van der Waals surface area contributed by atoms with Crippen LogP contribution in [-0.4, -0.2) is 5.91 Å². The Balaban J connectivity index is 2.14. The summed E-state index contributed by atoms with van der Waals surface area (Å²) in [6, 6.07) is 8.44. The van der Waals surface area contributed by atoms with E-state index < -0.39 is 0 Å². The molecule has 1 heterocycles. The molecule has 0 fully saturated rings. The van der Waals surface area contributed by atoms with E-state index in [1.54, 1.807) is 11.3 Å². The summed E-state index contributed by atoms with van der Waals surface area (Å²) < 4.78 is 0. The molecule has 0 saturated carbocycles. The number of aryl methyl sites for hydroxylation is 4. The summed E-state index contributed by atoms with van der Waals surface area (Å²) in [7, 11) is 0. The van der Waals surface area contributed by atoms with Crippen LogP contribution in [0.25, 0.3) is 0 Å². The molecule has 2 aromatic rings. The van der Waals surface area contributed by atoms with Gasteiger partial charge in [0.15, 0.2) is 0 Å². The number of benzene rings is 1. The minimum Gasteiger partial charge on any atom is -0.345 e. The third-order valence-corrected chi connectivity index (χ3v) is 5.10. The van der Waals surface area contributed by atoms with Gasteiger partial charge in [-0.2, -0.15) is 0 Å². The first kappa shape index (κ1) is 16.8. The molecular formula is C19H25NOS. The van der Waals surface area contributed by atoms with Crippen molar-refractivity contribution in [2.45, 2.75) is 53.5 Å². The van der Waals surface area contributed by atoms with Crippen LogP contribution in [0.15, 0.2) is 24.3 Å². The number of carbonyl (C=O) groups is 1. The zero-order valence-corrected chi connectivity index (χ0v) is 14.9. The SMILES string of the molecule is CCCc1cc(C(=O)NC(C)c2cc(C)ccc2C)sc1C. The Morgan fingerprint density at radius 1 is 1.23 bits per heavy atom. The number of amides is 1. The minimum atomic E-state index is 0.0180. The minimum absolute atomic E-state index is 0.0180. The van der Waals surface area contributed by atoms with Gasteiger partial charge in [-0.3, -0.25) is 4.79 Å². The Morgan fingerprint density at radius 3 is 2.64 bits per heavy atom. The van der Waals surface area contributed by atoms with Crippen molar-refractivity contribution in [1.29, 1.82) is 0 Å². The lowest BCUT2D eigenvalue weighted by Gasteiger charge is -2.17. The van der Waals surface area contributed by atoms with E-state index in [1.165, 1.54) is 27.1 Å². The molecule has 118 valence electrons. The van der Waals surface area contributed by atoms with Gasteiger partial charge in [0.1, 0.15) is 0 Å². The molecule has 22 heavy (non-hydrogen) atoms. The van der Waals surface area contributed by atoms with Gasteiger partial charge >= 0.3 is 0 Å².